The molecule has 0 amide bonds. The molecule has 0 unspecified atom stereocenters. The molecule has 0 saturated carbocycles. The number of hydrogen-bond donors (Lipinski definition) is 0. The van der Waals surface area contributed by atoms with E-state index in [1.54, 1.807) is 11.8 Å². The Bertz CT molecular complexity index is 48.8. The second-order valence-electron chi connectivity index (χ2n) is 0.821. The van der Waals surface area contributed by atoms with Gasteiger partial charge in [-0.05, 0) is 0 Å². The molecule has 0 aromatic rings. The van der Waals surface area contributed by atoms with Crippen LogP contribution >= 0.6 is 11.8 Å². The summed E-state index contributed by atoms with van der Waals surface area (Å²) in [6.07, 6.45) is 0. The fourth-order valence-electron chi connectivity index (χ4n) is 0.228. The summed E-state index contributed by atoms with van der Waals surface area (Å²) in [7, 11) is 0. The second-order valence-corrected chi connectivity index (χ2v) is 1.70. The summed E-state index contributed by atoms with van der Waals surface area (Å²) in [5.41, 5.74) is 2.76. The van der Waals surface area contributed by atoms with Gasteiger partial charge < -0.3 is 0 Å². The molecule has 1 nitrogen and oxygen atoms in total. The van der Waals surface area contributed by atoms with Gasteiger partial charge in [-0.3, -0.25) is 4.99 Å². The summed E-state index contributed by atoms with van der Waals surface area (Å²) >= 11 is 1.66. The molecule has 1 aliphatic heterocycles. The fourth-order valence-corrected chi connectivity index (χ4v) is 0.685. The van der Waals surface area contributed by atoms with Gasteiger partial charge in [0.25, 0.3) is 0 Å². The van der Waals surface area contributed by atoms with Crippen LogP contribution in [0.2, 0.25) is 0 Å². The van der Waals surface area contributed by atoms with E-state index in [0.717, 1.165) is 12.3 Å². The van der Waals surface area contributed by atoms with E-state index in [4.69, 9.17) is 0 Å². The average Bonchev–Trinajstić information content (AvgIpc) is 1.76. The quantitative estimate of drug-likeness (QED) is 0.452. The molecule has 6 heavy (non-hydrogen) atoms. The van der Waals surface area contributed by atoms with Gasteiger partial charge in [0.15, 0.2) is 0 Å². The number of aliphatic imine (C=N–C) groups is 1. The molecule has 0 bridgehead atoms. The van der Waals surface area contributed by atoms with Gasteiger partial charge in [0.1, 0.15) is 5.55 Å². The Morgan fingerprint density at radius 1 is 1.67 bits per heavy atom. The Morgan fingerprint density at radius 3 is 2.67 bits per heavy atom. The minimum absolute atomic E-state index is 0. The maximum absolute atomic E-state index is 3.80. The van der Waals surface area contributed by atoms with Crippen LogP contribution < -0.4 is 0 Å². The topological polar surface area (TPSA) is 12.4 Å². The minimum atomic E-state index is 0. The van der Waals surface area contributed by atoms with Crippen LogP contribution in [0.1, 0.15) is 0 Å². The normalized spacial score (nSPS) is 17.3. The summed E-state index contributed by atoms with van der Waals surface area (Å²) in [5, 5.41) is 0. The zero-order chi connectivity index (χ0) is 3.54. The Kier molecular flexibility index (Phi) is 4.05. The van der Waals surface area contributed by atoms with Crippen molar-refractivity contribution < 1.29 is 17.1 Å². The molecule has 1 radical (unpaired) electrons. The zero-order valence-electron chi connectivity index (χ0n) is 3.12. The molecule has 35 valence electrons. The molecule has 0 atom stereocenters. The number of thioether (sulfide) groups is 1. The predicted octanol–water partition coefficient (Wildman–Crippen LogP) is 0.636. The van der Waals surface area contributed by atoms with Crippen LogP contribution in [-0.2, 0) is 17.1 Å². The molecular weight excluding hydrogens is 138 g/mol. The molecule has 0 aromatic carbocycles. The van der Waals surface area contributed by atoms with E-state index in [1.807, 2.05) is 0 Å². The molecule has 0 fully saturated rings. The van der Waals surface area contributed by atoms with E-state index >= 15 is 0 Å². The van der Waals surface area contributed by atoms with E-state index in [1.165, 1.54) is 0 Å². The first kappa shape index (κ1) is 6.54. The standard InChI is InChI=1S/C3H4NS.Fe/c1-2-5-3-4-1;/h1-2H2;. The van der Waals surface area contributed by atoms with Crippen LogP contribution in [-0.4, -0.2) is 17.8 Å². The van der Waals surface area contributed by atoms with Crippen LogP contribution in [0.3, 0.4) is 0 Å². The summed E-state index contributed by atoms with van der Waals surface area (Å²) in [4.78, 5) is 3.80. The number of nitrogens with zero attached hydrogens (tertiary/aromatic N) is 1. The third kappa shape index (κ3) is 1.85. The van der Waals surface area contributed by atoms with Gasteiger partial charge in [-0.25, -0.2) is 0 Å². The summed E-state index contributed by atoms with van der Waals surface area (Å²) < 4.78 is 0. The largest absolute Gasteiger partial charge is 0.275 e. The van der Waals surface area contributed by atoms with Crippen molar-refractivity contribution in [1.29, 1.82) is 0 Å². The third-order valence-electron chi connectivity index (χ3n) is 0.434. The number of rotatable bonds is 0. The van der Waals surface area contributed by atoms with E-state index in [2.05, 4.69) is 10.5 Å². The van der Waals surface area contributed by atoms with Crippen molar-refractivity contribution >= 4 is 17.3 Å². The Balaban J connectivity index is 0.000000250. The summed E-state index contributed by atoms with van der Waals surface area (Å²) in [6.45, 7) is 0.977. The van der Waals surface area contributed by atoms with Crippen LogP contribution in [0.25, 0.3) is 0 Å². The molecule has 0 N–H and O–H groups in total. The van der Waals surface area contributed by atoms with Crippen molar-refractivity contribution in [1.82, 2.24) is 0 Å². The molecule has 0 spiro atoms. The maximum Gasteiger partial charge on any atom is 0.122 e. The van der Waals surface area contributed by atoms with E-state index in [0.29, 0.717) is 0 Å². The second kappa shape index (κ2) is 3.72. The fraction of sp³-hybridized carbons (Fsp3) is 0.667. The van der Waals surface area contributed by atoms with Crippen molar-refractivity contribution in [2.24, 2.45) is 4.99 Å². The Hall–Kier alpha value is 0.539. The molecule has 0 saturated heterocycles. The first-order chi connectivity index (χ1) is 2.50. The van der Waals surface area contributed by atoms with Gasteiger partial charge >= 0.3 is 0 Å². The predicted molar refractivity (Wildman–Crippen MR) is 24.8 cm³/mol. The Labute approximate surface area is 52.1 Å². The van der Waals surface area contributed by atoms with E-state index in [9.17, 15) is 0 Å². The van der Waals surface area contributed by atoms with Crippen molar-refractivity contribution in [3.63, 3.8) is 0 Å². The monoisotopic (exact) mass is 142 g/mol. The molecule has 0 aromatic heterocycles. The van der Waals surface area contributed by atoms with Crippen molar-refractivity contribution in [2.45, 2.75) is 0 Å². The Morgan fingerprint density at radius 2 is 2.50 bits per heavy atom. The van der Waals surface area contributed by atoms with Gasteiger partial charge in [0, 0.05) is 29.4 Å². The molecule has 3 heteroatoms. The molecular formula is C3H4FeNS. The van der Waals surface area contributed by atoms with Gasteiger partial charge in [-0.1, -0.05) is 0 Å². The van der Waals surface area contributed by atoms with Gasteiger partial charge in [-0.2, -0.15) is 0 Å². The van der Waals surface area contributed by atoms with Crippen molar-refractivity contribution in [2.75, 3.05) is 12.3 Å². The first-order valence-corrected chi connectivity index (χ1v) is 2.52. The van der Waals surface area contributed by atoms with Gasteiger partial charge in [0.05, 0.1) is 0 Å². The third-order valence-corrected chi connectivity index (χ3v) is 1.08. The number of hydrogen-bond acceptors (Lipinski definition) is 2. The first-order valence-electron chi connectivity index (χ1n) is 1.53. The molecule has 0 aliphatic carbocycles. The van der Waals surface area contributed by atoms with Crippen LogP contribution in [0.15, 0.2) is 4.99 Å². The molecule has 1 aliphatic rings. The SMILES string of the molecule is [C]1=NCCS1.[Fe]. The van der Waals surface area contributed by atoms with Gasteiger partial charge in [0.2, 0.25) is 0 Å². The van der Waals surface area contributed by atoms with Crippen molar-refractivity contribution in [3.05, 3.63) is 0 Å². The average molecular weight is 142 g/mol. The molecule has 1 heterocycles. The molecule has 1 rings (SSSR count). The van der Waals surface area contributed by atoms with Crippen molar-refractivity contribution in [3.8, 4) is 0 Å². The zero-order valence-corrected chi connectivity index (χ0v) is 5.04. The smallest absolute Gasteiger partial charge is 0.122 e. The van der Waals surface area contributed by atoms with Gasteiger partial charge in [-0.15, -0.1) is 11.8 Å². The van der Waals surface area contributed by atoms with E-state index in [-0.39, 0.29) is 17.1 Å². The minimum Gasteiger partial charge on any atom is -0.275 e. The summed E-state index contributed by atoms with van der Waals surface area (Å²) in [5.74, 6) is 1.14. The van der Waals surface area contributed by atoms with Crippen LogP contribution in [0.4, 0.5) is 0 Å². The maximum atomic E-state index is 3.80. The van der Waals surface area contributed by atoms with E-state index < -0.39 is 0 Å². The van der Waals surface area contributed by atoms with Crippen LogP contribution in [0, 0.1) is 0 Å². The summed E-state index contributed by atoms with van der Waals surface area (Å²) in [6, 6.07) is 0. The van der Waals surface area contributed by atoms with Crippen LogP contribution in [0.5, 0.6) is 0 Å².